The summed E-state index contributed by atoms with van der Waals surface area (Å²) in [5.41, 5.74) is 4.87. The van der Waals surface area contributed by atoms with Crippen LogP contribution in [0.4, 0.5) is 5.69 Å². The van der Waals surface area contributed by atoms with E-state index >= 15 is 0 Å². The molecule has 1 N–H and O–H groups in total. The van der Waals surface area contributed by atoms with E-state index < -0.39 is 0 Å². The topological polar surface area (TPSA) is 66.5 Å². The number of carbonyl (C=O) groups excluding carboxylic acids is 1. The summed E-state index contributed by atoms with van der Waals surface area (Å²) >= 11 is 0. The smallest absolute Gasteiger partial charge is 0.338 e. The molecule has 2 aromatic rings. The molecule has 0 spiro atoms. The highest BCUT2D eigenvalue weighted by atomic mass is 16.5. The van der Waals surface area contributed by atoms with Gasteiger partial charge in [0.1, 0.15) is 11.3 Å². The fraction of sp³-hybridized carbons (Fsp3) is 0.231. The van der Waals surface area contributed by atoms with Crippen LogP contribution in [0.15, 0.2) is 65.1 Å². The Balaban J connectivity index is 2.07. The van der Waals surface area contributed by atoms with Crippen LogP contribution in [0.1, 0.15) is 31.1 Å². The number of fused-ring (bicyclic) bond motifs is 2. The number of hydrogen-bond donors (Lipinski definition) is 1. The molecule has 0 amide bonds. The SMILES string of the molecule is CCOC(=O)c1ccccc1-c1c2ccc(=N)cc-2oc2cc(N(CC)CC)ccc12. The van der Waals surface area contributed by atoms with Crippen molar-refractivity contribution in [2.75, 3.05) is 24.6 Å². The number of hydrogen-bond acceptors (Lipinski definition) is 5. The van der Waals surface area contributed by atoms with Crippen LogP contribution in [0.3, 0.4) is 0 Å². The minimum atomic E-state index is -0.350. The Morgan fingerprint density at radius 1 is 0.968 bits per heavy atom. The van der Waals surface area contributed by atoms with E-state index in [4.69, 9.17) is 14.6 Å². The third kappa shape index (κ3) is 3.79. The van der Waals surface area contributed by atoms with Crippen LogP contribution in [0, 0.1) is 5.41 Å². The Morgan fingerprint density at radius 2 is 1.74 bits per heavy atom. The molecular weight excluding hydrogens is 388 g/mol. The zero-order valence-corrected chi connectivity index (χ0v) is 18.1. The zero-order chi connectivity index (χ0) is 22.0. The van der Waals surface area contributed by atoms with E-state index in [-0.39, 0.29) is 5.97 Å². The van der Waals surface area contributed by atoms with Gasteiger partial charge in [0, 0.05) is 47.4 Å². The molecule has 31 heavy (non-hydrogen) atoms. The summed E-state index contributed by atoms with van der Waals surface area (Å²) < 4.78 is 11.6. The van der Waals surface area contributed by atoms with Gasteiger partial charge in [0.25, 0.3) is 0 Å². The maximum Gasteiger partial charge on any atom is 0.338 e. The first kappa shape index (κ1) is 20.7. The predicted octanol–water partition coefficient (Wildman–Crippen LogP) is 5.71. The molecular formula is C26H26N2O3. The van der Waals surface area contributed by atoms with Crippen LogP contribution in [0.2, 0.25) is 0 Å². The molecule has 0 bridgehead atoms. The van der Waals surface area contributed by atoms with E-state index in [0.717, 1.165) is 46.4 Å². The Morgan fingerprint density at radius 3 is 2.48 bits per heavy atom. The van der Waals surface area contributed by atoms with Crippen molar-refractivity contribution in [2.24, 2.45) is 0 Å². The number of esters is 1. The summed E-state index contributed by atoms with van der Waals surface area (Å²) in [6.45, 7) is 8.15. The molecule has 5 nitrogen and oxygen atoms in total. The monoisotopic (exact) mass is 414 g/mol. The molecule has 0 radical (unpaired) electrons. The second kappa shape index (κ2) is 8.64. The van der Waals surface area contributed by atoms with Crippen molar-refractivity contribution >= 4 is 22.6 Å². The predicted molar refractivity (Wildman–Crippen MR) is 124 cm³/mol. The molecule has 0 atom stereocenters. The van der Waals surface area contributed by atoms with E-state index in [2.05, 4.69) is 30.9 Å². The van der Waals surface area contributed by atoms with Crippen LogP contribution >= 0.6 is 0 Å². The lowest BCUT2D eigenvalue weighted by Crippen LogP contribution is -2.21. The standard InChI is InChI=1S/C26H26N2O3/c1-4-28(5-2)18-12-14-22-24(16-18)31-23-15-17(27)11-13-21(23)25(22)19-9-7-8-10-20(19)26(29)30-6-3/h7-16,27H,4-6H2,1-3H3. The van der Waals surface area contributed by atoms with E-state index in [0.29, 0.717) is 23.3 Å². The van der Waals surface area contributed by atoms with E-state index in [9.17, 15) is 4.79 Å². The van der Waals surface area contributed by atoms with Gasteiger partial charge in [-0.25, -0.2) is 4.79 Å². The molecule has 0 saturated carbocycles. The fourth-order valence-corrected chi connectivity index (χ4v) is 4.04. The van der Waals surface area contributed by atoms with Crippen molar-refractivity contribution in [3.63, 3.8) is 0 Å². The first-order valence-corrected chi connectivity index (χ1v) is 10.6. The molecule has 1 aliphatic carbocycles. The van der Waals surface area contributed by atoms with Crippen molar-refractivity contribution in [1.82, 2.24) is 0 Å². The first-order valence-electron chi connectivity index (χ1n) is 10.6. The van der Waals surface area contributed by atoms with Gasteiger partial charge >= 0.3 is 5.97 Å². The minimum absolute atomic E-state index is 0.314. The molecule has 5 heteroatoms. The molecule has 2 aliphatic rings. The van der Waals surface area contributed by atoms with Gasteiger partial charge in [-0.15, -0.1) is 0 Å². The van der Waals surface area contributed by atoms with Gasteiger partial charge in [-0.05, 0) is 56.7 Å². The van der Waals surface area contributed by atoms with Crippen LogP contribution in [-0.2, 0) is 4.74 Å². The lowest BCUT2D eigenvalue weighted by atomic mass is 9.90. The van der Waals surface area contributed by atoms with Gasteiger partial charge in [0.15, 0.2) is 0 Å². The normalized spacial score (nSPS) is 11.1. The van der Waals surface area contributed by atoms with Gasteiger partial charge in [-0.1, -0.05) is 18.2 Å². The number of rotatable bonds is 6. The molecule has 0 unspecified atom stereocenters. The average Bonchev–Trinajstić information content (AvgIpc) is 2.78. The van der Waals surface area contributed by atoms with Crippen molar-refractivity contribution in [3.8, 4) is 22.5 Å². The molecule has 2 aromatic carbocycles. The molecule has 158 valence electrons. The number of carbonyl (C=O) groups is 1. The average molecular weight is 415 g/mol. The number of benzene rings is 3. The molecule has 0 saturated heterocycles. The van der Waals surface area contributed by atoms with E-state index in [1.54, 1.807) is 25.1 Å². The summed E-state index contributed by atoms with van der Waals surface area (Å²) in [7, 11) is 0. The lowest BCUT2D eigenvalue weighted by Gasteiger charge is -2.22. The molecule has 1 heterocycles. The zero-order valence-electron chi connectivity index (χ0n) is 18.1. The van der Waals surface area contributed by atoms with Crippen LogP contribution in [0.5, 0.6) is 0 Å². The number of nitrogens with one attached hydrogen (secondary N) is 1. The highest BCUT2D eigenvalue weighted by molar-refractivity contribution is 6.08. The summed E-state index contributed by atoms with van der Waals surface area (Å²) in [4.78, 5) is 15.0. The third-order valence-electron chi connectivity index (χ3n) is 5.53. The number of anilines is 1. The Kier molecular flexibility index (Phi) is 5.76. The van der Waals surface area contributed by atoms with Crippen molar-refractivity contribution in [1.29, 1.82) is 5.41 Å². The van der Waals surface area contributed by atoms with Crippen molar-refractivity contribution < 1.29 is 13.9 Å². The lowest BCUT2D eigenvalue weighted by molar-refractivity contribution is 0.0527. The minimum Gasteiger partial charge on any atom is -0.462 e. The van der Waals surface area contributed by atoms with E-state index in [1.165, 1.54) is 0 Å². The molecule has 1 aliphatic heterocycles. The third-order valence-corrected chi connectivity index (χ3v) is 5.53. The first-order chi connectivity index (χ1) is 15.1. The molecule has 4 rings (SSSR count). The highest BCUT2D eigenvalue weighted by Crippen LogP contribution is 2.42. The second-order valence-electron chi connectivity index (χ2n) is 7.31. The van der Waals surface area contributed by atoms with Gasteiger partial charge in [-0.2, -0.15) is 0 Å². The molecule has 0 aromatic heterocycles. The van der Waals surface area contributed by atoms with Gasteiger partial charge in [0.2, 0.25) is 0 Å². The van der Waals surface area contributed by atoms with Crippen LogP contribution < -0.4 is 10.3 Å². The second-order valence-corrected chi connectivity index (χ2v) is 7.31. The number of nitrogens with zero attached hydrogens (tertiary/aromatic N) is 1. The number of ether oxygens (including phenoxy) is 1. The van der Waals surface area contributed by atoms with Gasteiger partial charge < -0.3 is 19.5 Å². The largest absolute Gasteiger partial charge is 0.462 e. The highest BCUT2D eigenvalue weighted by Gasteiger charge is 2.22. The maximum absolute atomic E-state index is 12.7. The fourth-order valence-electron chi connectivity index (χ4n) is 4.04. The van der Waals surface area contributed by atoms with Crippen LogP contribution in [-0.4, -0.2) is 25.7 Å². The van der Waals surface area contributed by atoms with Crippen molar-refractivity contribution in [3.05, 3.63) is 71.6 Å². The molecule has 0 fully saturated rings. The van der Waals surface area contributed by atoms with E-state index in [1.807, 2.05) is 30.3 Å². The maximum atomic E-state index is 12.7. The summed E-state index contributed by atoms with van der Waals surface area (Å²) in [6.07, 6.45) is 0. The van der Waals surface area contributed by atoms with Gasteiger partial charge in [0.05, 0.1) is 17.5 Å². The van der Waals surface area contributed by atoms with Crippen LogP contribution in [0.25, 0.3) is 33.4 Å². The summed E-state index contributed by atoms with van der Waals surface area (Å²) in [5.74, 6) is 0.266. The van der Waals surface area contributed by atoms with Gasteiger partial charge in [-0.3, -0.25) is 0 Å². The summed E-state index contributed by atoms with van der Waals surface area (Å²) in [5, 5.41) is 9.34. The Hall–Kier alpha value is -3.60. The Labute approximate surface area is 181 Å². The summed E-state index contributed by atoms with van der Waals surface area (Å²) in [6, 6.07) is 19.0. The van der Waals surface area contributed by atoms with Crippen molar-refractivity contribution in [2.45, 2.75) is 20.8 Å². The Bertz CT molecular complexity index is 1270. The quantitative estimate of drug-likeness (QED) is 0.324.